The highest BCUT2D eigenvalue weighted by atomic mass is 16.2. The van der Waals surface area contributed by atoms with E-state index in [0.29, 0.717) is 0 Å². The lowest BCUT2D eigenvalue weighted by molar-refractivity contribution is -0.135. The van der Waals surface area contributed by atoms with Gasteiger partial charge in [0.1, 0.15) is 6.79 Å². The van der Waals surface area contributed by atoms with Crippen LogP contribution >= 0.6 is 0 Å². The monoisotopic (exact) mass is 206 g/mol. The standard InChI is InChI=1S/2C2H4N2O2.CH2O/c2*3-1(5)2(4)6;1-2/h2*(H2,3,5)(H2,4,6);1H2. The zero-order valence-corrected chi connectivity index (χ0v) is 7.06. The number of amides is 4. The fourth-order valence-corrected chi connectivity index (χ4v) is 0. The summed E-state index contributed by atoms with van der Waals surface area (Å²) in [6, 6.07) is 0. The van der Waals surface area contributed by atoms with Crippen molar-refractivity contribution in [2.45, 2.75) is 0 Å². The topological polar surface area (TPSA) is 189 Å². The van der Waals surface area contributed by atoms with Crippen LogP contribution in [0.5, 0.6) is 0 Å². The lowest BCUT2D eigenvalue weighted by Gasteiger charge is -1.75. The van der Waals surface area contributed by atoms with Gasteiger partial charge >= 0.3 is 23.6 Å². The summed E-state index contributed by atoms with van der Waals surface area (Å²) in [7, 11) is 0. The lowest BCUT2D eigenvalue weighted by Crippen LogP contribution is -2.29. The molecule has 0 spiro atoms. The van der Waals surface area contributed by atoms with Crippen LogP contribution in [0.25, 0.3) is 0 Å². The third-order valence-electron chi connectivity index (χ3n) is 0.486. The molecule has 4 amide bonds. The molecule has 0 saturated heterocycles. The number of carbonyl (C=O) groups excluding carboxylic acids is 5. The van der Waals surface area contributed by atoms with Gasteiger partial charge in [0.05, 0.1) is 0 Å². The number of hydrogen-bond donors (Lipinski definition) is 4. The SMILES string of the molecule is C=O.NC(=O)C(N)=O.NC(=O)C(N)=O. The Morgan fingerprint density at radius 2 is 0.643 bits per heavy atom. The third kappa shape index (κ3) is 22.7. The predicted molar refractivity (Wildman–Crippen MR) is 43.9 cm³/mol. The Morgan fingerprint density at radius 1 is 0.571 bits per heavy atom. The second-order valence-corrected chi connectivity index (χ2v) is 1.46. The first-order chi connectivity index (χ1) is 6.29. The second kappa shape index (κ2) is 10.5. The molecule has 0 aliphatic rings. The molecule has 0 aliphatic carbocycles. The summed E-state index contributed by atoms with van der Waals surface area (Å²) in [5.74, 6) is -4.41. The van der Waals surface area contributed by atoms with Crippen molar-refractivity contribution in [3.63, 3.8) is 0 Å². The van der Waals surface area contributed by atoms with Gasteiger partial charge in [0, 0.05) is 0 Å². The Morgan fingerprint density at radius 3 is 0.643 bits per heavy atom. The highest BCUT2D eigenvalue weighted by Crippen LogP contribution is 1.45. The van der Waals surface area contributed by atoms with E-state index in [4.69, 9.17) is 4.79 Å². The quantitative estimate of drug-likeness (QED) is 0.291. The molecule has 0 atom stereocenters. The van der Waals surface area contributed by atoms with Gasteiger partial charge in [-0.15, -0.1) is 0 Å². The molecule has 0 bridgehead atoms. The van der Waals surface area contributed by atoms with Gasteiger partial charge in [0.15, 0.2) is 0 Å². The molecule has 0 aliphatic heterocycles. The minimum atomic E-state index is -1.10. The van der Waals surface area contributed by atoms with Gasteiger partial charge in [-0.3, -0.25) is 19.2 Å². The molecule has 0 fully saturated rings. The number of carbonyl (C=O) groups is 5. The Labute approximate surface area is 78.4 Å². The maximum atomic E-state index is 9.45. The Kier molecular flexibility index (Phi) is 13.3. The Balaban J connectivity index is -0.000000147. The van der Waals surface area contributed by atoms with Gasteiger partial charge in [-0.25, -0.2) is 0 Å². The van der Waals surface area contributed by atoms with Crippen LogP contribution in [-0.4, -0.2) is 30.4 Å². The lowest BCUT2D eigenvalue weighted by atomic mass is 10.6. The first-order valence-electron chi connectivity index (χ1n) is 2.76. The van der Waals surface area contributed by atoms with Crippen LogP contribution < -0.4 is 22.9 Å². The number of primary amides is 4. The van der Waals surface area contributed by atoms with Gasteiger partial charge in [-0.05, 0) is 0 Å². The van der Waals surface area contributed by atoms with E-state index in [-0.39, 0.29) is 0 Å². The Bertz CT molecular complexity index is 190. The van der Waals surface area contributed by atoms with Crippen LogP contribution in [0, 0.1) is 0 Å². The van der Waals surface area contributed by atoms with Crippen LogP contribution in [-0.2, 0) is 24.0 Å². The van der Waals surface area contributed by atoms with Crippen molar-refractivity contribution in [3.05, 3.63) is 0 Å². The number of rotatable bonds is 0. The largest absolute Gasteiger partial charge is 0.361 e. The molecule has 0 unspecified atom stereocenters. The van der Waals surface area contributed by atoms with E-state index >= 15 is 0 Å². The van der Waals surface area contributed by atoms with E-state index in [1.54, 1.807) is 0 Å². The van der Waals surface area contributed by atoms with Crippen molar-refractivity contribution in [2.75, 3.05) is 0 Å². The van der Waals surface area contributed by atoms with E-state index < -0.39 is 23.6 Å². The molecule has 9 heteroatoms. The van der Waals surface area contributed by atoms with Gasteiger partial charge in [0.25, 0.3) is 0 Å². The number of nitrogens with two attached hydrogens (primary N) is 4. The van der Waals surface area contributed by atoms with Crippen molar-refractivity contribution in [3.8, 4) is 0 Å². The van der Waals surface area contributed by atoms with Gasteiger partial charge in [-0.2, -0.15) is 0 Å². The summed E-state index contributed by atoms with van der Waals surface area (Å²) in [6.07, 6.45) is 0. The molecule has 0 radical (unpaired) electrons. The van der Waals surface area contributed by atoms with Crippen molar-refractivity contribution in [1.29, 1.82) is 0 Å². The fraction of sp³-hybridized carbons (Fsp3) is 0. The van der Waals surface area contributed by atoms with Crippen molar-refractivity contribution in [2.24, 2.45) is 22.9 Å². The molecule has 0 rings (SSSR count). The molecule has 0 aromatic rings. The molecular formula is C5H10N4O5. The van der Waals surface area contributed by atoms with Gasteiger partial charge < -0.3 is 27.7 Å². The van der Waals surface area contributed by atoms with Crippen LogP contribution in [0.3, 0.4) is 0 Å². The first kappa shape index (κ1) is 17.6. The summed E-state index contributed by atoms with van der Waals surface area (Å²) < 4.78 is 0. The van der Waals surface area contributed by atoms with Crippen LogP contribution in [0.15, 0.2) is 0 Å². The predicted octanol–water partition coefficient (Wildman–Crippen LogP) is -4.27. The highest BCUT2D eigenvalue weighted by Gasteiger charge is 1.97. The molecular weight excluding hydrogens is 196 g/mol. The maximum Gasteiger partial charge on any atom is 0.306 e. The van der Waals surface area contributed by atoms with Crippen molar-refractivity contribution < 1.29 is 24.0 Å². The smallest absolute Gasteiger partial charge is 0.306 e. The highest BCUT2D eigenvalue weighted by molar-refractivity contribution is 6.34. The van der Waals surface area contributed by atoms with E-state index in [2.05, 4.69) is 22.9 Å². The van der Waals surface area contributed by atoms with E-state index in [0.717, 1.165) is 0 Å². The van der Waals surface area contributed by atoms with Gasteiger partial charge in [-0.1, -0.05) is 0 Å². The average molecular weight is 206 g/mol. The zero-order valence-electron chi connectivity index (χ0n) is 7.06. The van der Waals surface area contributed by atoms with Crippen molar-refractivity contribution in [1.82, 2.24) is 0 Å². The molecule has 80 valence electrons. The van der Waals surface area contributed by atoms with Crippen molar-refractivity contribution >= 4 is 30.4 Å². The maximum absolute atomic E-state index is 9.45. The average Bonchev–Trinajstić information content (AvgIpc) is 2.08. The molecule has 0 heterocycles. The number of hydrogen-bond acceptors (Lipinski definition) is 5. The summed E-state index contributed by atoms with van der Waals surface area (Å²) in [5.41, 5.74) is 17.3. The minimum Gasteiger partial charge on any atom is -0.361 e. The summed E-state index contributed by atoms with van der Waals surface area (Å²) in [4.78, 5) is 45.8. The minimum absolute atomic E-state index is 1.10. The molecule has 8 N–H and O–H groups in total. The molecule has 0 aromatic heterocycles. The normalized spacial score (nSPS) is 6.57. The summed E-state index contributed by atoms with van der Waals surface area (Å²) in [6.45, 7) is 2.00. The van der Waals surface area contributed by atoms with E-state index in [9.17, 15) is 19.2 Å². The molecule has 9 nitrogen and oxygen atoms in total. The van der Waals surface area contributed by atoms with Crippen LogP contribution in [0.2, 0.25) is 0 Å². The fourth-order valence-electron chi connectivity index (χ4n) is 0. The first-order valence-corrected chi connectivity index (χ1v) is 2.76. The summed E-state index contributed by atoms with van der Waals surface area (Å²) >= 11 is 0. The molecule has 0 saturated carbocycles. The van der Waals surface area contributed by atoms with Gasteiger partial charge in [0.2, 0.25) is 0 Å². The van der Waals surface area contributed by atoms with E-state index in [1.165, 1.54) is 0 Å². The van der Waals surface area contributed by atoms with Crippen LogP contribution in [0.1, 0.15) is 0 Å². The second-order valence-electron chi connectivity index (χ2n) is 1.46. The zero-order chi connectivity index (χ0) is 12.3. The Hall–Kier alpha value is -2.45. The third-order valence-corrected chi connectivity index (χ3v) is 0.486. The summed E-state index contributed by atoms with van der Waals surface area (Å²) in [5, 5.41) is 0. The van der Waals surface area contributed by atoms with E-state index in [1.807, 2.05) is 6.79 Å². The molecule has 0 aromatic carbocycles. The molecule has 14 heavy (non-hydrogen) atoms. The van der Waals surface area contributed by atoms with Crippen LogP contribution in [0.4, 0.5) is 0 Å².